The fraction of sp³-hybridized carbons (Fsp3) is 0.647. The molecule has 4 nitrogen and oxygen atoms in total. The van der Waals surface area contributed by atoms with Crippen LogP contribution in [-0.2, 0) is 20.5 Å². The molecule has 6 heteroatoms. The van der Waals surface area contributed by atoms with Gasteiger partial charge in [0.25, 0.3) is 0 Å². The Hall–Kier alpha value is -0.620. The van der Waals surface area contributed by atoms with Crippen molar-refractivity contribution in [2.24, 2.45) is 5.41 Å². The standard InChI is InChI=1S/C17H24ClNO3S/c1-22-16-4-2-9-17(16)10-3-11-19(13-17)23(20,21)12-14-5-7-15(18)8-6-14/h5-8,16H,2-4,9-13H2,1H3/t16-,17+/m1/s1. The number of rotatable bonds is 4. The maximum absolute atomic E-state index is 12.8. The first-order chi connectivity index (χ1) is 11.0. The summed E-state index contributed by atoms with van der Waals surface area (Å²) < 4.78 is 33.0. The maximum atomic E-state index is 12.8. The predicted octanol–water partition coefficient (Wildman–Crippen LogP) is 3.45. The quantitative estimate of drug-likeness (QED) is 0.829. The number of hydrogen-bond acceptors (Lipinski definition) is 3. The molecular formula is C17H24ClNO3S. The van der Waals surface area contributed by atoms with Crippen molar-refractivity contribution in [2.75, 3.05) is 20.2 Å². The van der Waals surface area contributed by atoms with Crippen LogP contribution in [-0.4, -0.2) is 39.0 Å². The van der Waals surface area contributed by atoms with Gasteiger partial charge in [-0.15, -0.1) is 0 Å². The van der Waals surface area contributed by atoms with Crippen LogP contribution in [0.3, 0.4) is 0 Å². The highest BCUT2D eigenvalue weighted by molar-refractivity contribution is 7.88. The largest absolute Gasteiger partial charge is 0.381 e. The normalized spacial score (nSPS) is 29.2. The van der Waals surface area contributed by atoms with Crippen molar-refractivity contribution in [2.45, 2.75) is 44.0 Å². The SMILES string of the molecule is CO[C@@H]1CCC[C@@]12CCCN(S(=O)(=O)Cc1ccc(Cl)cc1)C2. The summed E-state index contributed by atoms with van der Waals surface area (Å²) in [7, 11) is -1.56. The summed E-state index contributed by atoms with van der Waals surface area (Å²) in [5.41, 5.74) is 0.795. The number of piperidine rings is 1. The van der Waals surface area contributed by atoms with E-state index in [1.54, 1.807) is 35.7 Å². The third-order valence-electron chi connectivity index (χ3n) is 5.34. The summed E-state index contributed by atoms with van der Waals surface area (Å²) in [6.45, 7) is 1.22. The van der Waals surface area contributed by atoms with Gasteiger partial charge in [0.1, 0.15) is 0 Å². The molecule has 1 spiro atoms. The van der Waals surface area contributed by atoms with E-state index in [0.717, 1.165) is 37.7 Å². The topological polar surface area (TPSA) is 46.6 Å². The molecule has 3 rings (SSSR count). The Kier molecular flexibility index (Phi) is 5.02. The lowest BCUT2D eigenvalue weighted by atomic mass is 9.77. The van der Waals surface area contributed by atoms with Crippen LogP contribution in [0, 0.1) is 5.41 Å². The van der Waals surface area contributed by atoms with Gasteiger partial charge in [-0.25, -0.2) is 12.7 Å². The summed E-state index contributed by atoms with van der Waals surface area (Å²) in [4.78, 5) is 0. The van der Waals surface area contributed by atoms with Crippen LogP contribution in [0.1, 0.15) is 37.7 Å². The average molecular weight is 358 g/mol. The second-order valence-electron chi connectivity index (χ2n) is 6.80. The smallest absolute Gasteiger partial charge is 0.218 e. The third-order valence-corrected chi connectivity index (χ3v) is 7.39. The van der Waals surface area contributed by atoms with E-state index in [2.05, 4.69) is 0 Å². The van der Waals surface area contributed by atoms with Gasteiger partial charge >= 0.3 is 0 Å². The summed E-state index contributed by atoms with van der Waals surface area (Å²) in [6, 6.07) is 7.05. The molecule has 23 heavy (non-hydrogen) atoms. The van der Waals surface area contributed by atoms with Gasteiger partial charge in [0.05, 0.1) is 11.9 Å². The minimum atomic E-state index is -3.31. The molecular weight excluding hydrogens is 334 g/mol. The number of nitrogens with zero attached hydrogens (tertiary/aromatic N) is 1. The molecule has 1 saturated heterocycles. The molecule has 0 amide bonds. The number of hydrogen-bond donors (Lipinski definition) is 0. The van der Waals surface area contributed by atoms with E-state index in [9.17, 15) is 8.42 Å². The highest BCUT2D eigenvalue weighted by Crippen LogP contribution is 2.47. The first-order valence-electron chi connectivity index (χ1n) is 8.20. The molecule has 1 aromatic carbocycles. The zero-order valence-corrected chi connectivity index (χ0v) is 15.1. The van der Waals surface area contributed by atoms with Crippen molar-refractivity contribution in [1.82, 2.24) is 4.31 Å². The van der Waals surface area contributed by atoms with Crippen molar-refractivity contribution >= 4 is 21.6 Å². The molecule has 0 N–H and O–H groups in total. The molecule has 0 bridgehead atoms. The summed E-state index contributed by atoms with van der Waals surface area (Å²) >= 11 is 5.87. The highest BCUT2D eigenvalue weighted by atomic mass is 35.5. The number of sulfonamides is 1. The summed E-state index contributed by atoms with van der Waals surface area (Å²) in [5, 5.41) is 0.622. The van der Waals surface area contributed by atoms with Crippen molar-refractivity contribution in [1.29, 1.82) is 0 Å². The van der Waals surface area contributed by atoms with Crippen LogP contribution in [0.2, 0.25) is 5.02 Å². The maximum Gasteiger partial charge on any atom is 0.218 e. The molecule has 0 radical (unpaired) electrons. The number of ether oxygens (including phenoxy) is 1. The Morgan fingerprint density at radius 2 is 1.96 bits per heavy atom. The van der Waals surface area contributed by atoms with Gasteiger partial charge in [0.15, 0.2) is 0 Å². The van der Waals surface area contributed by atoms with E-state index in [-0.39, 0.29) is 17.3 Å². The Bertz CT molecular complexity index is 646. The Balaban J connectivity index is 1.76. The first kappa shape index (κ1) is 17.2. The Morgan fingerprint density at radius 3 is 2.65 bits per heavy atom. The predicted molar refractivity (Wildman–Crippen MR) is 92.0 cm³/mol. The molecule has 1 aromatic rings. The summed E-state index contributed by atoms with van der Waals surface area (Å²) in [5.74, 6) is 0.0396. The van der Waals surface area contributed by atoms with E-state index in [0.29, 0.717) is 18.1 Å². The fourth-order valence-electron chi connectivity index (χ4n) is 4.18. The molecule has 0 aromatic heterocycles. The molecule has 1 aliphatic carbocycles. The lowest BCUT2D eigenvalue weighted by molar-refractivity contribution is -0.0185. The van der Waals surface area contributed by atoms with Crippen molar-refractivity contribution < 1.29 is 13.2 Å². The second kappa shape index (κ2) is 6.71. The van der Waals surface area contributed by atoms with E-state index in [1.807, 2.05) is 0 Å². The molecule has 1 heterocycles. The van der Waals surface area contributed by atoms with Gasteiger partial charge in [-0.05, 0) is 43.4 Å². The van der Waals surface area contributed by atoms with Crippen LogP contribution in [0.15, 0.2) is 24.3 Å². The molecule has 2 fully saturated rings. The van der Waals surface area contributed by atoms with Crippen LogP contribution in [0.4, 0.5) is 0 Å². The molecule has 2 aliphatic rings. The van der Waals surface area contributed by atoms with Gasteiger partial charge < -0.3 is 4.74 Å². The lowest BCUT2D eigenvalue weighted by Gasteiger charge is -2.43. The van der Waals surface area contributed by atoms with Gasteiger partial charge in [0, 0.05) is 30.6 Å². The van der Waals surface area contributed by atoms with Crippen molar-refractivity contribution in [3.05, 3.63) is 34.9 Å². The fourth-order valence-corrected chi connectivity index (χ4v) is 5.96. The van der Waals surface area contributed by atoms with E-state index < -0.39 is 10.0 Å². The van der Waals surface area contributed by atoms with Crippen LogP contribution >= 0.6 is 11.6 Å². The lowest BCUT2D eigenvalue weighted by Crippen LogP contribution is -2.50. The van der Waals surface area contributed by atoms with Crippen LogP contribution in [0.25, 0.3) is 0 Å². The van der Waals surface area contributed by atoms with Gasteiger partial charge in [-0.2, -0.15) is 0 Å². The molecule has 2 atom stereocenters. The number of benzene rings is 1. The molecule has 1 saturated carbocycles. The Labute approximate surface area is 143 Å². The minimum absolute atomic E-state index is 0.0140. The van der Waals surface area contributed by atoms with E-state index >= 15 is 0 Å². The highest BCUT2D eigenvalue weighted by Gasteiger charge is 2.47. The zero-order chi connectivity index (χ0) is 16.5. The molecule has 128 valence electrons. The van der Waals surface area contributed by atoms with E-state index in [1.165, 1.54) is 0 Å². The number of methoxy groups -OCH3 is 1. The first-order valence-corrected chi connectivity index (χ1v) is 10.2. The Morgan fingerprint density at radius 1 is 1.26 bits per heavy atom. The third kappa shape index (κ3) is 3.58. The van der Waals surface area contributed by atoms with Crippen LogP contribution in [0.5, 0.6) is 0 Å². The van der Waals surface area contributed by atoms with Gasteiger partial charge in [-0.3, -0.25) is 0 Å². The molecule has 1 aliphatic heterocycles. The minimum Gasteiger partial charge on any atom is -0.381 e. The van der Waals surface area contributed by atoms with Gasteiger partial charge in [0.2, 0.25) is 10.0 Å². The van der Waals surface area contributed by atoms with E-state index in [4.69, 9.17) is 16.3 Å². The monoisotopic (exact) mass is 357 g/mol. The zero-order valence-electron chi connectivity index (χ0n) is 13.5. The second-order valence-corrected chi connectivity index (χ2v) is 9.20. The average Bonchev–Trinajstić information content (AvgIpc) is 2.91. The number of halogens is 1. The van der Waals surface area contributed by atoms with Crippen molar-refractivity contribution in [3.63, 3.8) is 0 Å². The van der Waals surface area contributed by atoms with Crippen LogP contribution < -0.4 is 0 Å². The molecule has 0 unspecified atom stereocenters. The summed E-state index contributed by atoms with van der Waals surface area (Å²) in [6.07, 6.45) is 5.41. The van der Waals surface area contributed by atoms with Crippen molar-refractivity contribution in [3.8, 4) is 0 Å². The van der Waals surface area contributed by atoms with Gasteiger partial charge in [-0.1, -0.05) is 30.2 Å².